The van der Waals surface area contributed by atoms with Gasteiger partial charge in [0.2, 0.25) is 0 Å². The molecule has 1 atom stereocenters. The number of rotatable bonds is 6. The fourth-order valence-corrected chi connectivity index (χ4v) is 2.98. The van der Waals surface area contributed by atoms with Crippen LogP contribution in [0.4, 0.5) is 9.18 Å². The zero-order chi connectivity index (χ0) is 16.8. The number of aryl methyl sites for hydroxylation is 2. The number of urea groups is 1. The third-order valence-corrected chi connectivity index (χ3v) is 4.52. The van der Waals surface area contributed by atoms with Crippen molar-refractivity contribution in [1.29, 1.82) is 0 Å². The maximum absolute atomic E-state index is 12.9. The van der Waals surface area contributed by atoms with E-state index in [1.807, 2.05) is 18.2 Å². The molecule has 122 valence electrons. The number of hydrogen-bond acceptors (Lipinski definition) is 3. The maximum atomic E-state index is 12.9. The van der Waals surface area contributed by atoms with Crippen molar-refractivity contribution in [3.05, 3.63) is 63.6 Å². The van der Waals surface area contributed by atoms with Crippen LogP contribution in [0.2, 0.25) is 0 Å². The molecule has 3 N–H and O–H groups in total. The topological polar surface area (TPSA) is 66.6 Å². The molecule has 2 aromatic rings. The first kappa shape index (κ1) is 17.2. The van der Waals surface area contributed by atoms with Gasteiger partial charge in [-0.3, -0.25) is 5.21 Å². The number of benzene rings is 1. The van der Waals surface area contributed by atoms with Gasteiger partial charge in [0.1, 0.15) is 5.82 Å². The molecule has 2 amide bonds. The first-order chi connectivity index (χ1) is 11.0. The van der Waals surface area contributed by atoms with Crippen molar-refractivity contribution in [2.45, 2.75) is 25.8 Å². The van der Waals surface area contributed by atoms with Crippen molar-refractivity contribution >= 4 is 23.4 Å². The Balaban J connectivity index is 1.90. The molecule has 0 saturated carbocycles. The number of amides is 2. The average molecular weight is 334 g/mol. The lowest BCUT2D eigenvalue weighted by Gasteiger charge is -2.16. The summed E-state index contributed by atoms with van der Waals surface area (Å²) in [5.74, 6) is -0.222. The van der Waals surface area contributed by atoms with E-state index in [1.54, 1.807) is 36.5 Å². The van der Waals surface area contributed by atoms with Crippen molar-refractivity contribution in [3.8, 4) is 0 Å². The molecule has 0 aliphatic carbocycles. The molecule has 0 spiro atoms. The molecule has 0 aliphatic rings. The van der Waals surface area contributed by atoms with Crippen LogP contribution in [0.1, 0.15) is 22.2 Å². The van der Waals surface area contributed by atoms with E-state index < -0.39 is 12.1 Å². The molecule has 0 unspecified atom stereocenters. The highest BCUT2D eigenvalue weighted by molar-refractivity contribution is 7.12. The van der Waals surface area contributed by atoms with E-state index >= 15 is 0 Å². The Labute approximate surface area is 138 Å². The van der Waals surface area contributed by atoms with Crippen molar-refractivity contribution in [3.63, 3.8) is 0 Å². The Kier molecular flexibility index (Phi) is 5.90. The molecule has 0 saturated heterocycles. The molecule has 0 fully saturated rings. The van der Waals surface area contributed by atoms with Gasteiger partial charge >= 0.3 is 6.03 Å². The molecule has 1 aromatic heterocycles. The summed E-state index contributed by atoms with van der Waals surface area (Å²) >= 11 is 1.64. The Hall–Kier alpha value is -2.18. The van der Waals surface area contributed by atoms with Gasteiger partial charge in [-0.05, 0) is 55.7 Å². The Bertz CT molecular complexity index is 682. The summed E-state index contributed by atoms with van der Waals surface area (Å²) < 4.78 is 12.9. The zero-order valence-electron chi connectivity index (χ0n) is 12.8. The molecule has 4 nitrogen and oxygen atoms in total. The van der Waals surface area contributed by atoms with Crippen LogP contribution >= 0.6 is 11.3 Å². The first-order valence-corrected chi connectivity index (χ1v) is 8.06. The fraction of sp³-hybridized carbons (Fsp3) is 0.235. The molecule has 23 heavy (non-hydrogen) atoms. The fourth-order valence-electron chi connectivity index (χ4n) is 2.05. The van der Waals surface area contributed by atoms with Crippen molar-refractivity contribution in [2.24, 2.45) is 5.73 Å². The molecule has 6 heteroatoms. The van der Waals surface area contributed by atoms with E-state index in [-0.39, 0.29) is 5.82 Å². The summed E-state index contributed by atoms with van der Waals surface area (Å²) in [5.41, 5.74) is 6.10. The summed E-state index contributed by atoms with van der Waals surface area (Å²) in [6.45, 7) is 1.67. The zero-order valence-corrected chi connectivity index (χ0v) is 13.6. The second-order valence-corrected chi connectivity index (χ2v) is 6.41. The number of primary amides is 1. The quantitative estimate of drug-likeness (QED) is 0.622. The van der Waals surface area contributed by atoms with E-state index in [0.29, 0.717) is 5.06 Å². The normalized spacial score (nSPS) is 12.5. The highest BCUT2D eigenvalue weighted by Gasteiger charge is 2.11. The summed E-state index contributed by atoms with van der Waals surface area (Å²) in [6.07, 6.45) is 5.29. The van der Waals surface area contributed by atoms with Gasteiger partial charge in [-0.1, -0.05) is 18.2 Å². The molecular weight excluding hydrogens is 315 g/mol. The van der Waals surface area contributed by atoms with Gasteiger partial charge in [0, 0.05) is 9.75 Å². The van der Waals surface area contributed by atoms with Crippen LogP contribution in [-0.4, -0.2) is 22.3 Å². The minimum Gasteiger partial charge on any atom is -0.350 e. The number of hydroxylamine groups is 2. The van der Waals surface area contributed by atoms with Crippen LogP contribution in [0.15, 0.2) is 42.5 Å². The van der Waals surface area contributed by atoms with E-state index in [0.717, 1.165) is 23.3 Å². The molecule has 0 bridgehead atoms. The number of carbonyl (C=O) groups excluding carboxylic acids is 1. The van der Waals surface area contributed by atoms with Gasteiger partial charge in [0.05, 0.1) is 6.04 Å². The minimum absolute atomic E-state index is 0.222. The van der Waals surface area contributed by atoms with E-state index in [1.165, 1.54) is 17.0 Å². The third kappa shape index (κ3) is 5.19. The van der Waals surface area contributed by atoms with Gasteiger partial charge < -0.3 is 5.73 Å². The Morgan fingerprint density at radius 3 is 2.65 bits per heavy atom. The average Bonchev–Trinajstić information content (AvgIpc) is 2.99. The van der Waals surface area contributed by atoms with Crippen LogP contribution in [0, 0.1) is 5.82 Å². The highest BCUT2D eigenvalue weighted by Crippen LogP contribution is 2.20. The lowest BCUT2D eigenvalue weighted by molar-refractivity contribution is -0.0560. The van der Waals surface area contributed by atoms with Gasteiger partial charge in [-0.25, -0.2) is 9.18 Å². The predicted molar refractivity (Wildman–Crippen MR) is 89.8 cm³/mol. The molecule has 0 radical (unpaired) electrons. The summed E-state index contributed by atoms with van der Waals surface area (Å²) in [5, 5.41) is 9.88. The largest absolute Gasteiger partial charge is 0.350 e. The monoisotopic (exact) mass is 334 g/mol. The minimum atomic E-state index is -0.881. The lowest BCUT2D eigenvalue weighted by Crippen LogP contribution is -2.38. The summed E-state index contributed by atoms with van der Waals surface area (Å²) in [7, 11) is 0. The standard InChI is InChI=1S/C17H19FN2O2S/c1-12(20(22)17(19)21)2-8-15-10-11-16(23-15)9-5-13-3-6-14(18)7-4-13/h2-4,6-8,10-12,22H,5,9H2,1H3,(H2,19,21)/b8-2-/t12-/m1/s1. The SMILES string of the molecule is C[C@H](/C=C\c1ccc(CCc2ccc(F)cc2)s1)N(O)C(N)=O. The summed E-state index contributed by atoms with van der Waals surface area (Å²) in [6, 6.07) is 9.20. The second-order valence-electron chi connectivity index (χ2n) is 5.21. The number of carbonyl (C=O) groups is 1. The predicted octanol–water partition coefficient (Wildman–Crippen LogP) is 3.84. The molecule has 2 rings (SSSR count). The Morgan fingerprint density at radius 2 is 2.00 bits per heavy atom. The van der Waals surface area contributed by atoms with E-state index in [9.17, 15) is 14.4 Å². The molecule has 0 aliphatic heterocycles. The van der Waals surface area contributed by atoms with E-state index in [2.05, 4.69) is 0 Å². The van der Waals surface area contributed by atoms with Gasteiger partial charge in [0.25, 0.3) is 0 Å². The van der Waals surface area contributed by atoms with Gasteiger partial charge in [-0.2, -0.15) is 5.06 Å². The Morgan fingerprint density at radius 1 is 1.30 bits per heavy atom. The van der Waals surface area contributed by atoms with Crippen LogP contribution in [0.3, 0.4) is 0 Å². The first-order valence-electron chi connectivity index (χ1n) is 7.24. The smallest absolute Gasteiger partial charge is 0.339 e. The molecule has 1 heterocycles. The van der Waals surface area contributed by atoms with Crippen LogP contribution in [-0.2, 0) is 12.8 Å². The van der Waals surface area contributed by atoms with Crippen molar-refractivity contribution < 1.29 is 14.4 Å². The lowest BCUT2D eigenvalue weighted by atomic mass is 10.1. The van der Waals surface area contributed by atoms with Crippen LogP contribution in [0.5, 0.6) is 0 Å². The number of hydrogen-bond donors (Lipinski definition) is 2. The highest BCUT2D eigenvalue weighted by atomic mass is 32.1. The van der Waals surface area contributed by atoms with Crippen LogP contribution < -0.4 is 5.73 Å². The summed E-state index contributed by atoms with van der Waals surface area (Å²) in [4.78, 5) is 13.1. The number of nitrogens with two attached hydrogens (primary N) is 1. The molecule has 1 aromatic carbocycles. The van der Waals surface area contributed by atoms with Gasteiger partial charge in [-0.15, -0.1) is 11.3 Å². The number of nitrogens with zero attached hydrogens (tertiary/aromatic N) is 1. The number of thiophene rings is 1. The van der Waals surface area contributed by atoms with E-state index in [4.69, 9.17) is 5.73 Å². The second kappa shape index (κ2) is 7.89. The van der Waals surface area contributed by atoms with Crippen LogP contribution in [0.25, 0.3) is 6.08 Å². The number of halogens is 1. The molecular formula is C17H19FN2O2S. The third-order valence-electron chi connectivity index (χ3n) is 3.41. The maximum Gasteiger partial charge on any atom is 0.339 e. The van der Waals surface area contributed by atoms with Gasteiger partial charge in [0.15, 0.2) is 0 Å². The van der Waals surface area contributed by atoms with Crippen molar-refractivity contribution in [2.75, 3.05) is 0 Å². The van der Waals surface area contributed by atoms with Crippen molar-refractivity contribution in [1.82, 2.24) is 5.06 Å².